The van der Waals surface area contributed by atoms with E-state index < -0.39 is 0 Å². The first-order chi connectivity index (χ1) is 7.56. The van der Waals surface area contributed by atoms with Gasteiger partial charge in [0.25, 0.3) is 0 Å². The Bertz CT molecular complexity index is 332. The quantitative estimate of drug-likeness (QED) is 0.800. The van der Waals surface area contributed by atoms with E-state index in [1.165, 1.54) is 16.7 Å². The van der Waals surface area contributed by atoms with E-state index in [9.17, 15) is 0 Å². The minimum atomic E-state index is 0.145. The highest BCUT2D eigenvalue weighted by Gasteiger charge is 2.10. The number of hydrogen-bond acceptors (Lipinski definition) is 2. The van der Waals surface area contributed by atoms with Crippen molar-refractivity contribution < 1.29 is 0 Å². The van der Waals surface area contributed by atoms with Crippen molar-refractivity contribution in [2.24, 2.45) is 5.73 Å². The summed E-state index contributed by atoms with van der Waals surface area (Å²) in [6.07, 6.45) is 0.985. The van der Waals surface area contributed by atoms with Gasteiger partial charge in [0, 0.05) is 6.04 Å². The number of aryl methyl sites for hydroxylation is 1. The Kier molecular flexibility index (Phi) is 4.97. The summed E-state index contributed by atoms with van der Waals surface area (Å²) < 4.78 is 0. The fraction of sp³-hybridized carbons (Fsp3) is 0.571. The minimum Gasteiger partial charge on any atom is -0.324 e. The molecule has 1 unspecified atom stereocenters. The standard InChI is InChI=1S/C14H24N2/c1-10(2)12-6-5-11(3)13(9-12)14(15)7-8-16-4/h5-6,9-10,14,16H,7-8,15H2,1-4H3. The van der Waals surface area contributed by atoms with Crippen molar-refractivity contribution in [1.29, 1.82) is 0 Å². The van der Waals surface area contributed by atoms with Gasteiger partial charge in [-0.2, -0.15) is 0 Å². The third-order valence-electron chi connectivity index (χ3n) is 3.07. The van der Waals surface area contributed by atoms with E-state index in [2.05, 4.69) is 44.3 Å². The molecule has 0 aliphatic rings. The Balaban J connectivity index is 2.88. The first-order valence-electron chi connectivity index (χ1n) is 6.07. The van der Waals surface area contributed by atoms with Crippen molar-refractivity contribution in [1.82, 2.24) is 5.32 Å². The van der Waals surface area contributed by atoms with Crippen molar-refractivity contribution in [3.8, 4) is 0 Å². The Morgan fingerprint density at radius 3 is 2.56 bits per heavy atom. The fourth-order valence-corrected chi connectivity index (χ4v) is 1.87. The van der Waals surface area contributed by atoms with E-state index >= 15 is 0 Å². The van der Waals surface area contributed by atoms with E-state index in [0.29, 0.717) is 5.92 Å². The molecule has 0 heterocycles. The van der Waals surface area contributed by atoms with Gasteiger partial charge in [0.2, 0.25) is 0 Å². The van der Waals surface area contributed by atoms with Crippen LogP contribution in [0.25, 0.3) is 0 Å². The average molecular weight is 220 g/mol. The molecule has 2 heteroatoms. The van der Waals surface area contributed by atoms with Gasteiger partial charge in [-0.15, -0.1) is 0 Å². The molecule has 1 aromatic carbocycles. The van der Waals surface area contributed by atoms with Crippen molar-refractivity contribution in [2.45, 2.75) is 39.2 Å². The second kappa shape index (κ2) is 6.02. The maximum Gasteiger partial charge on any atom is 0.0309 e. The molecule has 0 fully saturated rings. The summed E-state index contributed by atoms with van der Waals surface area (Å²) in [5.41, 5.74) is 10.2. The Morgan fingerprint density at radius 1 is 1.31 bits per heavy atom. The molecule has 3 N–H and O–H groups in total. The zero-order valence-electron chi connectivity index (χ0n) is 10.9. The van der Waals surface area contributed by atoms with E-state index in [4.69, 9.17) is 5.73 Å². The van der Waals surface area contributed by atoms with Gasteiger partial charge in [-0.05, 0) is 49.5 Å². The highest BCUT2D eigenvalue weighted by Crippen LogP contribution is 2.23. The predicted molar refractivity (Wildman–Crippen MR) is 70.7 cm³/mol. The van der Waals surface area contributed by atoms with Gasteiger partial charge in [0.15, 0.2) is 0 Å². The maximum atomic E-state index is 6.21. The van der Waals surface area contributed by atoms with E-state index in [1.54, 1.807) is 0 Å². The monoisotopic (exact) mass is 220 g/mol. The molecule has 0 spiro atoms. The Labute approximate surface area is 99.2 Å². The normalized spacial score (nSPS) is 13.1. The first-order valence-corrected chi connectivity index (χ1v) is 6.07. The van der Waals surface area contributed by atoms with E-state index in [-0.39, 0.29) is 6.04 Å². The third kappa shape index (κ3) is 3.32. The molecule has 0 radical (unpaired) electrons. The highest BCUT2D eigenvalue weighted by atomic mass is 14.8. The Morgan fingerprint density at radius 2 is 2.00 bits per heavy atom. The maximum absolute atomic E-state index is 6.21. The summed E-state index contributed by atoms with van der Waals surface area (Å²) in [5.74, 6) is 0.566. The molecule has 0 amide bonds. The van der Waals surface area contributed by atoms with E-state index in [1.807, 2.05) is 7.05 Å². The van der Waals surface area contributed by atoms with Crippen LogP contribution in [0.3, 0.4) is 0 Å². The molecule has 0 aliphatic heterocycles. The SMILES string of the molecule is CNCCC(N)c1cc(C(C)C)ccc1C. The van der Waals surface area contributed by atoms with Crippen LogP contribution in [0.15, 0.2) is 18.2 Å². The number of benzene rings is 1. The lowest BCUT2D eigenvalue weighted by atomic mass is 9.93. The van der Waals surface area contributed by atoms with Crippen LogP contribution < -0.4 is 11.1 Å². The molecule has 16 heavy (non-hydrogen) atoms. The van der Waals surface area contributed by atoms with Gasteiger partial charge in [0.1, 0.15) is 0 Å². The lowest BCUT2D eigenvalue weighted by molar-refractivity contribution is 0.612. The minimum absolute atomic E-state index is 0.145. The summed E-state index contributed by atoms with van der Waals surface area (Å²) in [5, 5.41) is 3.15. The van der Waals surface area contributed by atoms with Gasteiger partial charge in [0.05, 0.1) is 0 Å². The topological polar surface area (TPSA) is 38.0 Å². The third-order valence-corrected chi connectivity index (χ3v) is 3.07. The molecule has 1 atom stereocenters. The molecular formula is C14H24N2. The molecule has 1 rings (SSSR count). The van der Waals surface area contributed by atoms with Gasteiger partial charge < -0.3 is 11.1 Å². The average Bonchev–Trinajstić information content (AvgIpc) is 2.26. The first kappa shape index (κ1) is 13.2. The molecule has 90 valence electrons. The van der Waals surface area contributed by atoms with Crippen molar-refractivity contribution in [3.63, 3.8) is 0 Å². The Hall–Kier alpha value is -0.860. The van der Waals surface area contributed by atoms with Crippen LogP contribution in [0.5, 0.6) is 0 Å². The van der Waals surface area contributed by atoms with Gasteiger partial charge in [-0.3, -0.25) is 0 Å². The number of rotatable bonds is 5. The molecule has 0 saturated carbocycles. The zero-order valence-corrected chi connectivity index (χ0v) is 10.9. The predicted octanol–water partition coefficient (Wildman–Crippen LogP) is 2.73. The molecule has 2 nitrogen and oxygen atoms in total. The second-order valence-electron chi connectivity index (χ2n) is 4.77. The lowest BCUT2D eigenvalue weighted by Gasteiger charge is -2.17. The largest absolute Gasteiger partial charge is 0.324 e. The molecule has 0 aliphatic carbocycles. The van der Waals surface area contributed by atoms with Gasteiger partial charge in [-0.25, -0.2) is 0 Å². The summed E-state index contributed by atoms with van der Waals surface area (Å²) >= 11 is 0. The van der Waals surface area contributed by atoms with Gasteiger partial charge >= 0.3 is 0 Å². The highest BCUT2D eigenvalue weighted by molar-refractivity contribution is 5.34. The summed E-state index contributed by atoms with van der Waals surface area (Å²) in [7, 11) is 1.96. The second-order valence-corrected chi connectivity index (χ2v) is 4.77. The lowest BCUT2D eigenvalue weighted by Crippen LogP contribution is -2.19. The van der Waals surface area contributed by atoms with Crippen LogP contribution in [0.1, 0.15) is 48.9 Å². The summed E-state index contributed by atoms with van der Waals surface area (Å²) in [4.78, 5) is 0. The van der Waals surface area contributed by atoms with Crippen molar-refractivity contribution >= 4 is 0 Å². The fourth-order valence-electron chi connectivity index (χ4n) is 1.87. The molecular weight excluding hydrogens is 196 g/mol. The summed E-state index contributed by atoms with van der Waals surface area (Å²) in [6, 6.07) is 6.80. The van der Waals surface area contributed by atoms with E-state index in [0.717, 1.165) is 13.0 Å². The van der Waals surface area contributed by atoms with Crippen molar-refractivity contribution in [2.75, 3.05) is 13.6 Å². The molecule has 0 aromatic heterocycles. The van der Waals surface area contributed by atoms with Crippen molar-refractivity contribution in [3.05, 3.63) is 34.9 Å². The number of nitrogens with one attached hydrogen (secondary N) is 1. The van der Waals surface area contributed by atoms with Crippen LogP contribution in [0.4, 0.5) is 0 Å². The molecule has 0 bridgehead atoms. The zero-order chi connectivity index (χ0) is 12.1. The van der Waals surface area contributed by atoms with Crippen LogP contribution in [0.2, 0.25) is 0 Å². The molecule has 0 saturated heterocycles. The smallest absolute Gasteiger partial charge is 0.0309 e. The van der Waals surface area contributed by atoms with Crippen LogP contribution in [-0.4, -0.2) is 13.6 Å². The summed E-state index contributed by atoms with van der Waals surface area (Å²) in [6.45, 7) is 7.53. The molecule has 1 aromatic rings. The van der Waals surface area contributed by atoms with Gasteiger partial charge in [-0.1, -0.05) is 32.0 Å². The number of nitrogens with two attached hydrogens (primary N) is 1. The van der Waals surface area contributed by atoms with Crippen LogP contribution in [-0.2, 0) is 0 Å². The van der Waals surface area contributed by atoms with Crippen LogP contribution in [0, 0.1) is 6.92 Å². The number of hydrogen-bond donors (Lipinski definition) is 2. The van der Waals surface area contributed by atoms with Crippen LogP contribution >= 0.6 is 0 Å².